The van der Waals surface area contributed by atoms with E-state index in [1.54, 1.807) is 29.2 Å². The molecule has 3 N–H and O–H groups in total. The number of fused-ring (bicyclic) bond motifs is 1. The first kappa shape index (κ1) is 28.9. The number of anilines is 2. The van der Waals surface area contributed by atoms with Gasteiger partial charge in [0.25, 0.3) is 0 Å². The lowest BCUT2D eigenvalue weighted by Crippen LogP contribution is -2.47. The van der Waals surface area contributed by atoms with Gasteiger partial charge >= 0.3 is 0 Å². The van der Waals surface area contributed by atoms with Crippen molar-refractivity contribution in [2.24, 2.45) is 0 Å². The van der Waals surface area contributed by atoms with Crippen molar-refractivity contribution in [1.82, 2.24) is 10.3 Å². The Labute approximate surface area is 246 Å². The van der Waals surface area contributed by atoms with Gasteiger partial charge in [0, 0.05) is 41.4 Å². The molecule has 3 aromatic carbocycles. The Morgan fingerprint density at radius 2 is 1.67 bits per heavy atom. The summed E-state index contributed by atoms with van der Waals surface area (Å²) in [5, 5.41) is 7.00. The van der Waals surface area contributed by atoms with E-state index in [9.17, 15) is 14.4 Å². The van der Waals surface area contributed by atoms with E-state index >= 15 is 0 Å². The smallest absolute Gasteiger partial charge is 0.248 e. The van der Waals surface area contributed by atoms with Gasteiger partial charge in [-0.25, -0.2) is 0 Å². The molecule has 1 aliphatic carbocycles. The number of carbonyl (C=O) groups excluding carboxylic acids is 3. The van der Waals surface area contributed by atoms with Gasteiger partial charge in [0.1, 0.15) is 11.8 Å². The van der Waals surface area contributed by atoms with E-state index in [-0.39, 0.29) is 30.2 Å². The number of rotatable bonds is 10. The summed E-state index contributed by atoms with van der Waals surface area (Å²) in [7, 11) is 0. The van der Waals surface area contributed by atoms with Crippen molar-refractivity contribution in [3.05, 3.63) is 90.1 Å². The van der Waals surface area contributed by atoms with Crippen LogP contribution in [0.1, 0.15) is 63.1 Å². The van der Waals surface area contributed by atoms with Gasteiger partial charge in [-0.15, -0.1) is 0 Å². The van der Waals surface area contributed by atoms with Gasteiger partial charge in [-0.3, -0.25) is 19.3 Å². The number of nitrogens with zero attached hydrogens (tertiary/aromatic N) is 1. The molecule has 0 radical (unpaired) electrons. The highest BCUT2D eigenvalue weighted by Gasteiger charge is 2.34. The van der Waals surface area contributed by atoms with Crippen molar-refractivity contribution in [3.8, 4) is 5.75 Å². The third-order valence-electron chi connectivity index (χ3n) is 7.72. The average molecular weight is 567 g/mol. The highest BCUT2D eigenvalue weighted by atomic mass is 16.5. The highest BCUT2D eigenvalue weighted by Crippen LogP contribution is 2.32. The predicted molar refractivity (Wildman–Crippen MR) is 166 cm³/mol. The summed E-state index contributed by atoms with van der Waals surface area (Å²) in [6.45, 7) is 3.90. The zero-order chi connectivity index (χ0) is 29.5. The van der Waals surface area contributed by atoms with Crippen molar-refractivity contribution in [1.29, 1.82) is 0 Å². The second-order valence-corrected chi connectivity index (χ2v) is 10.8. The van der Waals surface area contributed by atoms with Crippen LogP contribution in [0.2, 0.25) is 0 Å². The topological polar surface area (TPSA) is 104 Å². The molecule has 4 aromatic rings. The molecular formula is C34H38N4O4. The normalized spacial score (nSPS) is 14.2. The fourth-order valence-electron chi connectivity index (χ4n) is 5.73. The number of H-pyrrole nitrogens is 1. The predicted octanol–water partition coefficient (Wildman–Crippen LogP) is 6.29. The van der Waals surface area contributed by atoms with Crippen molar-refractivity contribution in [2.45, 2.75) is 64.5 Å². The second-order valence-electron chi connectivity index (χ2n) is 10.8. The third kappa shape index (κ3) is 6.82. The molecule has 1 atom stereocenters. The minimum absolute atomic E-state index is 0.0733. The minimum atomic E-state index is -0.910. The summed E-state index contributed by atoms with van der Waals surface area (Å²) < 4.78 is 5.65. The van der Waals surface area contributed by atoms with Gasteiger partial charge in [0.2, 0.25) is 17.7 Å². The first-order valence-electron chi connectivity index (χ1n) is 14.7. The van der Waals surface area contributed by atoms with Crippen LogP contribution < -0.4 is 20.3 Å². The van der Waals surface area contributed by atoms with Crippen LogP contribution in [0.4, 0.5) is 11.4 Å². The Morgan fingerprint density at radius 3 is 2.36 bits per heavy atom. The standard InChI is InChI=1S/C34H38N4O4/c1-3-42-29-19-13-24(14-20-29)33(34(41)37-26-9-5-4-6-10-26)38(28-17-15-27(16-18-28)36-23(2)39)32(40)21-25-22-35-31-12-8-7-11-30(25)31/h7-8,11-20,22,26,33,35H,3-6,9-10,21H2,1-2H3,(H,36,39)(H,37,41)/t33-/m1/s1. The molecule has 0 unspecified atom stereocenters. The SMILES string of the molecule is CCOc1ccc([C@H](C(=O)NC2CCCCC2)N(C(=O)Cc2c[nH]c3ccccc23)c2ccc(NC(C)=O)cc2)cc1. The molecule has 1 heterocycles. The first-order valence-corrected chi connectivity index (χ1v) is 14.7. The van der Waals surface area contributed by atoms with Gasteiger partial charge in [-0.2, -0.15) is 0 Å². The molecule has 0 aliphatic heterocycles. The fourth-order valence-corrected chi connectivity index (χ4v) is 5.73. The molecule has 218 valence electrons. The summed E-state index contributed by atoms with van der Waals surface area (Å²) >= 11 is 0. The summed E-state index contributed by atoms with van der Waals surface area (Å²) in [6, 6.07) is 21.4. The molecule has 1 aliphatic rings. The van der Waals surface area contributed by atoms with Gasteiger partial charge < -0.3 is 20.4 Å². The Hall–Kier alpha value is -4.59. The second kappa shape index (κ2) is 13.4. The number of aromatic nitrogens is 1. The van der Waals surface area contributed by atoms with E-state index in [1.165, 1.54) is 13.3 Å². The number of amides is 3. The van der Waals surface area contributed by atoms with E-state index < -0.39 is 6.04 Å². The zero-order valence-corrected chi connectivity index (χ0v) is 24.2. The summed E-state index contributed by atoms with van der Waals surface area (Å²) in [6.07, 6.45) is 7.13. The van der Waals surface area contributed by atoms with Crippen molar-refractivity contribution < 1.29 is 19.1 Å². The largest absolute Gasteiger partial charge is 0.494 e. The maximum Gasteiger partial charge on any atom is 0.248 e. The number of aromatic amines is 1. The highest BCUT2D eigenvalue weighted by molar-refractivity contribution is 6.03. The van der Waals surface area contributed by atoms with Gasteiger partial charge in [-0.1, -0.05) is 49.6 Å². The Kier molecular flexibility index (Phi) is 9.21. The molecule has 42 heavy (non-hydrogen) atoms. The quantitative estimate of drug-likeness (QED) is 0.210. The first-order chi connectivity index (χ1) is 20.4. The Morgan fingerprint density at radius 1 is 0.952 bits per heavy atom. The molecular weight excluding hydrogens is 528 g/mol. The average Bonchev–Trinajstić information content (AvgIpc) is 3.40. The van der Waals surface area contributed by atoms with Crippen LogP contribution in [-0.4, -0.2) is 35.4 Å². The van der Waals surface area contributed by atoms with Crippen LogP contribution in [0.5, 0.6) is 5.75 Å². The molecule has 1 saturated carbocycles. The van der Waals surface area contributed by atoms with E-state index in [4.69, 9.17) is 4.74 Å². The number of para-hydroxylation sites is 1. The van der Waals surface area contributed by atoms with Crippen molar-refractivity contribution in [3.63, 3.8) is 0 Å². The van der Waals surface area contributed by atoms with Crippen LogP contribution in [-0.2, 0) is 20.8 Å². The van der Waals surface area contributed by atoms with Crippen molar-refractivity contribution >= 4 is 40.0 Å². The van der Waals surface area contributed by atoms with Gasteiger partial charge in [-0.05, 0) is 73.4 Å². The number of carbonyl (C=O) groups is 3. The summed E-state index contributed by atoms with van der Waals surface area (Å²) in [5.74, 6) is 0.0761. The van der Waals surface area contributed by atoms with Crippen LogP contribution in [0.25, 0.3) is 10.9 Å². The van der Waals surface area contributed by atoms with E-state index in [2.05, 4.69) is 15.6 Å². The maximum atomic E-state index is 14.3. The van der Waals surface area contributed by atoms with E-state index in [1.807, 2.05) is 61.7 Å². The molecule has 1 aromatic heterocycles. The van der Waals surface area contributed by atoms with E-state index in [0.29, 0.717) is 29.3 Å². The number of ether oxygens (including phenoxy) is 1. The lowest BCUT2D eigenvalue weighted by atomic mass is 9.94. The number of nitrogens with one attached hydrogen (secondary N) is 3. The lowest BCUT2D eigenvalue weighted by Gasteiger charge is -2.33. The van der Waals surface area contributed by atoms with Crippen LogP contribution in [0.15, 0.2) is 79.0 Å². The molecule has 5 rings (SSSR count). The Bertz CT molecular complexity index is 1520. The minimum Gasteiger partial charge on any atom is -0.494 e. The third-order valence-corrected chi connectivity index (χ3v) is 7.72. The maximum absolute atomic E-state index is 14.3. The van der Waals surface area contributed by atoms with Gasteiger partial charge in [0.15, 0.2) is 0 Å². The fraction of sp³-hybridized carbons (Fsp3) is 0.324. The molecule has 0 spiro atoms. The van der Waals surface area contributed by atoms with Crippen LogP contribution in [0.3, 0.4) is 0 Å². The lowest BCUT2D eigenvalue weighted by molar-refractivity contribution is -0.127. The molecule has 3 amide bonds. The summed E-state index contributed by atoms with van der Waals surface area (Å²) in [4.78, 5) is 45.0. The van der Waals surface area contributed by atoms with Crippen LogP contribution in [0, 0.1) is 0 Å². The Balaban J connectivity index is 1.56. The molecule has 8 nitrogen and oxygen atoms in total. The van der Waals surface area contributed by atoms with Gasteiger partial charge in [0.05, 0.1) is 13.0 Å². The van der Waals surface area contributed by atoms with Crippen LogP contribution >= 0.6 is 0 Å². The van der Waals surface area contributed by atoms with E-state index in [0.717, 1.165) is 42.1 Å². The molecule has 0 saturated heterocycles. The zero-order valence-electron chi connectivity index (χ0n) is 24.2. The molecule has 1 fully saturated rings. The number of hydrogen-bond donors (Lipinski definition) is 3. The van der Waals surface area contributed by atoms with Crippen molar-refractivity contribution in [2.75, 3.05) is 16.8 Å². The summed E-state index contributed by atoms with van der Waals surface area (Å²) in [5.41, 5.74) is 3.66. The number of benzene rings is 3. The molecule has 0 bridgehead atoms. The molecule has 8 heteroatoms. The monoisotopic (exact) mass is 566 g/mol. The number of hydrogen-bond acceptors (Lipinski definition) is 4.